The van der Waals surface area contributed by atoms with Gasteiger partial charge in [-0.25, -0.2) is 15.0 Å². The third-order valence-electron chi connectivity index (χ3n) is 5.23. The summed E-state index contributed by atoms with van der Waals surface area (Å²) in [5, 5.41) is 3.23. The predicted octanol–water partition coefficient (Wildman–Crippen LogP) is 2.57. The Labute approximate surface area is 148 Å². The summed E-state index contributed by atoms with van der Waals surface area (Å²) >= 11 is 0. The summed E-state index contributed by atoms with van der Waals surface area (Å²) in [5.74, 6) is 2.75. The van der Waals surface area contributed by atoms with Gasteiger partial charge in [-0.2, -0.15) is 0 Å². The quantitative estimate of drug-likeness (QED) is 0.827. The summed E-state index contributed by atoms with van der Waals surface area (Å²) in [6.45, 7) is 3.73. The summed E-state index contributed by atoms with van der Waals surface area (Å²) < 4.78 is 5.32. The number of pyridine rings is 1. The molecule has 2 fully saturated rings. The Morgan fingerprint density at radius 2 is 2.00 bits per heavy atom. The van der Waals surface area contributed by atoms with Crippen LogP contribution in [-0.2, 0) is 4.74 Å². The average molecular weight is 340 g/mol. The normalized spacial score (nSPS) is 22.9. The molecular weight excluding hydrogens is 316 g/mol. The number of rotatable bonds is 4. The molecule has 25 heavy (non-hydrogen) atoms. The fourth-order valence-electron chi connectivity index (χ4n) is 3.58. The lowest BCUT2D eigenvalue weighted by Gasteiger charge is -2.55. The molecule has 3 N–H and O–H groups in total. The smallest absolute Gasteiger partial charge is 0.137 e. The number of hydrogen-bond acceptors (Lipinski definition) is 7. The van der Waals surface area contributed by atoms with Crippen molar-refractivity contribution in [3.05, 3.63) is 42.4 Å². The summed E-state index contributed by atoms with van der Waals surface area (Å²) in [4.78, 5) is 15.4. The van der Waals surface area contributed by atoms with Crippen LogP contribution in [0.3, 0.4) is 0 Å². The fourth-order valence-corrected chi connectivity index (χ4v) is 3.58. The van der Waals surface area contributed by atoms with E-state index < -0.39 is 0 Å². The molecule has 1 spiro atoms. The van der Waals surface area contributed by atoms with E-state index in [0.717, 1.165) is 55.6 Å². The van der Waals surface area contributed by atoms with Gasteiger partial charge in [0.1, 0.15) is 23.8 Å². The molecule has 1 aliphatic carbocycles. The molecular formula is C18H24N6O. The number of nitrogen functional groups attached to an aromatic ring is 1. The van der Waals surface area contributed by atoms with Crippen LogP contribution in [0.2, 0.25) is 0 Å². The fraction of sp³-hybridized carbons (Fsp3) is 0.389. The number of nitrogens with zero attached hydrogens (tertiary/aromatic N) is 4. The Bertz CT molecular complexity index is 849. The zero-order chi connectivity index (χ0) is 16.9. The maximum absolute atomic E-state index is 6.18. The van der Waals surface area contributed by atoms with Crippen molar-refractivity contribution in [3.8, 4) is 0 Å². The van der Waals surface area contributed by atoms with Crippen LogP contribution in [0.5, 0.6) is 0 Å². The van der Waals surface area contributed by atoms with E-state index in [4.69, 9.17) is 10.5 Å². The molecule has 2 aliphatic heterocycles. The van der Waals surface area contributed by atoms with E-state index in [1.807, 2.05) is 18.3 Å². The molecule has 2 aromatic heterocycles. The Balaban J connectivity index is 0.00000105. The summed E-state index contributed by atoms with van der Waals surface area (Å²) in [6, 6.07) is 3.82. The molecule has 132 valence electrons. The molecule has 0 amide bonds. The lowest BCUT2D eigenvalue weighted by Crippen LogP contribution is -2.66. The van der Waals surface area contributed by atoms with Crippen LogP contribution in [0.25, 0.3) is 0 Å². The monoisotopic (exact) mass is 340 g/mol. The van der Waals surface area contributed by atoms with Gasteiger partial charge in [0.05, 0.1) is 18.6 Å². The van der Waals surface area contributed by atoms with E-state index >= 15 is 0 Å². The molecule has 7 nitrogen and oxygen atoms in total. The first-order chi connectivity index (χ1) is 12.2. The second kappa shape index (κ2) is 5.42. The minimum absolute atomic E-state index is 0. The zero-order valence-corrected chi connectivity index (χ0v) is 13.9. The molecule has 2 aromatic rings. The topological polar surface area (TPSA) is 89.2 Å². The maximum atomic E-state index is 6.18. The average Bonchev–Trinajstić information content (AvgIpc) is 2.46. The van der Waals surface area contributed by atoms with Crippen LogP contribution in [0.4, 0.5) is 23.1 Å². The lowest BCUT2D eigenvalue weighted by atomic mass is 9.78. The molecule has 2 saturated heterocycles. The van der Waals surface area contributed by atoms with Crippen LogP contribution >= 0.6 is 0 Å². The van der Waals surface area contributed by atoms with Crippen molar-refractivity contribution in [1.82, 2.24) is 15.0 Å². The molecule has 4 heterocycles. The van der Waals surface area contributed by atoms with Gasteiger partial charge in [0.2, 0.25) is 0 Å². The summed E-state index contributed by atoms with van der Waals surface area (Å²) in [5.41, 5.74) is 8.39. The Kier molecular flexibility index (Phi) is 3.18. The molecule has 0 radical (unpaired) electrons. The first kappa shape index (κ1) is 14.7. The number of hydrogen-bond donors (Lipinski definition) is 2. The van der Waals surface area contributed by atoms with Crippen LogP contribution in [0, 0.1) is 5.41 Å². The van der Waals surface area contributed by atoms with Crippen molar-refractivity contribution in [2.75, 3.05) is 42.3 Å². The van der Waals surface area contributed by atoms with E-state index in [1.54, 1.807) is 6.33 Å². The first-order valence-corrected chi connectivity index (χ1v) is 8.55. The highest BCUT2D eigenvalue weighted by molar-refractivity contribution is 5.63. The van der Waals surface area contributed by atoms with Crippen LogP contribution in [0.1, 0.15) is 20.8 Å². The van der Waals surface area contributed by atoms with Crippen LogP contribution < -0.4 is 16.0 Å². The van der Waals surface area contributed by atoms with Crippen molar-refractivity contribution in [2.24, 2.45) is 5.41 Å². The number of allylic oxidation sites excluding steroid dienone is 2. The first-order valence-electron chi connectivity index (χ1n) is 8.55. The van der Waals surface area contributed by atoms with Gasteiger partial charge in [-0.1, -0.05) is 12.2 Å². The largest absolute Gasteiger partial charge is 0.398 e. The molecule has 7 heteroatoms. The highest BCUT2D eigenvalue weighted by Gasteiger charge is 2.49. The minimum Gasteiger partial charge on any atom is -0.398 e. The number of aromatic nitrogens is 3. The third kappa shape index (κ3) is 2.51. The third-order valence-corrected chi connectivity index (χ3v) is 5.23. The molecule has 0 aromatic carbocycles. The van der Waals surface area contributed by atoms with Gasteiger partial charge in [-0.15, -0.1) is 0 Å². The Hall–Kier alpha value is -2.67. The van der Waals surface area contributed by atoms with Crippen molar-refractivity contribution in [3.63, 3.8) is 0 Å². The van der Waals surface area contributed by atoms with Crippen molar-refractivity contribution < 1.29 is 7.59 Å². The van der Waals surface area contributed by atoms with Gasteiger partial charge in [0.15, 0.2) is 0 Å². The molecule has 0 saturated carbocycles. The number of anilines is 4. The predicted molar refractivity (Wildman–Crippen MR) is 100 cm³/mol. The van der Waals surface area contributed by atoms with Crippen molar-refractivity contribution in [2.45, 2.75) is 12.3 Å². The van der Waals surface area contributed by atoms with Gasteiger partial charge in [-0.3, -0.25) is 0 Å². The molecule has 1 atom stereocenters. The van der Waals surface area contributed by atoms with Gasteiger partial charge in [0.25, 0.3) is 0 Å². The van der Waals surface area contributed by atoms with E-state index in [-0.39, 0.29) is 2.85 Å². The van der Waals surface area contributed by atoms with Crippen molar-refractivity contribution in [1.29, 1.82) is 0 Å². The number of nitrogens with two attached hydrogens (primary N) is 1. The van der Waals surface area contributed by atoms with Gasteiger partial charge < -0.3 is 20.7 Å². The maximum Gasteiger partial charge on any atom is 0.137 e. The van der Waals surface area contributed by atoms with Crippen molar-refractivity contribution >= 4 is 23.1 Å². The standard InChI is InChI=1S/C18H20N6O.2H2/c19-14-4-15(20-6-13(14)12-2-1-3-12)23-16-5-17(22-11-21-16)24-7-18(8-24)9-25-10-18;;/h1-2,4-6,11-12H,3,7-10H2,(H3,19,20,21,22,23);2*1H. The molecule has 5 rings (SSSR count). The molecule has 0 bridgehead atoms. The van der Waals surface area contributed by atoms with Gasteiger partial charge in [-0.05, 0) is 6.42 Å². The Morgan fingerprint density at radius 3 is 2.64 bits per heavy atom. The highest BCUT2D eigenvalue weighted by Crippen LogP contribution is 2.40. The SMILES string of the molecule is Nc1cc(Nc2cc(N3CC4(COC4)C3)ncn2)ncc1C1C=CC1.[HH].[HH]. The number of nitrogens with one attached hydrogen (secondary N) is 1. The lowest BCUT2D eigenvalue weighted by molar-refractivity contribution is -0.127. The number of ether oxygens (including phenoxy) is 1. The van der Waals surface area contributed by atoms with Gasteiger partial charge >= 0.3 is 0 Å². The second-order valence-electron chi connectivity index (χ2n) is 7.20. The van der Waals surface area contributed by atoms with E-state index in [1.165, 1.54) is 0 Å². The van der Waals surface area contributed by atoms with E-state index in [2.05, 4.69) is 37.3 Å². The Morgan fingerprint density at radius 1 is 1.20 bits per heavy atom. The van der Waals surface area contributed by atoms with E-state index in [0.29, 0.717) is 17.2 Å². The molecule has 1 unspecified atom stereocenters. The molecule has 3 aliphatic rings. The second-order valence-corrected chi connectivity index (χ2v) is 7.20. The minimum atomic E-state index is 0. The van der Waals surface area contributed by atoms with Crippen LogP contribution in [0.15, 0.2) is 36.8 Å². The summed E-state index contributed by atoms with van der Waals surface area (Å²) in [7, 11) is 0. The summed E-state index contributed by atoms with van der Waals surface area (Å²) in [6.07, 6.45) is 8.77. The zero-order valence-electron chi connectivity index (χ0n) is 13.9. The highest BCUT2D eigenvalue weighted by atomic mass is 16.5. The van der Waals surface area contributed by atoms with Crippen LogP contribution in [-0.4, -0.2) is 41.3 Å². The van der Waals surface area contributed by atoms with Gasteiger partial charge in [0, 0.05) is 51.4 Å². The van der Waals surface area contributed by atoms with E-state index in [9.17, 15) is 0 Å².